The Bertz CT molecular complexity index is 1570. The van der Waals surface area contributed by atoms with Gasteiger partial charge < -0.3 is 10.3 Å². The molecule has 0 spiro atoms. The van der Waals surface area contributed by atoms with Gasteiger partial charge in [-0.25, -0.2) is 35.9 Å². The zero-order valence-electron chi connectivity index (χ0n) is 18.2. The number of nitrogens with one attached hydrogen (secondary N) is 3. The monoisotopic (exact) mass is 507 g/mol. The zero-order valence-corrected chi connectivity index (χ0v) is 19.0. The predicted octanol–water partition coefficient (Wildman–Crippen LogP) is 4.37. The molecule has 0 fully saturated rings. The van der Waals surface area contributed by atoms with Crippen LogP contribution >= 0.6 is 0 Å². The minimum atomic E-state index is -4.75. The van der Waals surface area contributed by atoms with Crippen molar-refractivity contribution < 1.29 is 30.8 Å². The van der Waals surface area contributed by atoms with E-state index in [1.165, 1.54) is 12.5 Å². The van der Waals surface area contributed by atoms with Gasteiger partial charge in [0.15, 0.2) is 5.82 Å². The molecule has 0 bridgehead atoms. The lowest BCUT2D eigenvalue weighted by atomic mass is 10.0. The number of hydrogen-bond donors (Lipinski definition) is 3. The highest BCUT2D eigenvalue weighted by molar-refractivity contribution is 7.92. The average Bonchev–Trinajstić information content (AvgIpc) is 3.20. The molecule has 4 rings (SSSR count). The SMILES string of the molecule is CC(C)Nc1ncnc2[nH]cc(C(=O)c3c(F)ccc(NS(=O)(=O)c4ccc(F)cc4F)c3F)c12. The van der Waals surface area contributed by atoms with Gasteiger partial charge in [0.05, 0.1) is 22.2 Å². The number of rotatable bonds is 7. The van der Waals surface area contributed by atoms with Gasteiger partial charge in [-0.05, 0) is 38.1 Å². The van der Waals surface area contributed by atoms with Gasteiger partial charge in [0.2, 0.25) is 5.78 Å². The highest BCUT2D eigenvalue weighted by atomic mass is 32.2. The van der Waals surface area contributed by atoms with Crippen LogP contribution in [0.2, 0.25) is 0 Å². The molecule has 2 aromatic carbocycles. The number of carbonyl (C=O) groups is 1. The van der Waals surface area contributed by atoms with E-state index < -0.39 is 55.2 Å². The number of H-pyrrole nitrogens is 1. The van der Waals surface area contributed by atoms with Crippen molar-refractivity contribution in [3.8, 4) is 0 Å². The minimum Gasteiger partial charge on any atom is -0.367 e. The summed E-state index contributed by atoms with van der Waals surface area (Å²) < 4.78 is 84.0. The summed E-state index contributed by atoms with van der Waals surface area (Å²) in [5, 5.41) is 3.20. The lowest BCUT2D eigenvalue weighted by Crippen LogP contribution is -2.18. The molecule has 8 nitrogen and oxygen atoms in total. The average molecular weight is 507 g/mol. The second-order valence-corrected chi connectivity index (χ2v) is 9.39. The van der Waals surface area contributed by atoms with Gasteiger partial charge in [-0.1, -0.05) is 0 Å². The van der Waals surface area contributed by atoms with Crippen molar-refractivity contribution in [3.05, 3.63) is 77.3 Å². The molecule has 0 aliphatic rings. The molecule has 0 aliphatic heterocycles. The number of halogens is 4. The molecule has 0 atom stereocenters. The fraction of sp³-hybridized carbons (Fsp3) is 0.136. The van der Waals surface area contributed by atoms with E-state index in [-0.39, 0.29) is 28.5 Å². The summed E-state index contributed by atoms with van der Waals surface area (Å²) in [4.78, 5) is 23.1. The van der Waals surface area contributed by atoms with E-state index >= 15 is 4.39 Å². The summed E-state index contributed by atoms with van der Waals surface area (Å²) in [5.74, 6) is -6.07. The molecule has 2 heterocycles. The van der Waals surface area contributed by atoms with Gasteiger partial charge in [-0.15, -0.1) is 0 Å². The van der Waals surface area contributed by atoms with Crippen molar-refractivity contribution in [2.45, 2.75) is 24.8 Å². The number of benzene rings is 2. The molecule has 0 saturated heterocycles. The van der Waals surface area contributed by atoms with Gasteiger partial charge in [-0.2, -0.15) is 0 Å². The zero-order chi connectivity index (χ0) is 25.5. The highest BCUT2D eigenvalue weighted by Crippen LogP contribution is 2.30. The van der Waals surface area contributed by atoms with Crippen molar-refractivity contribution in [1.29, 1.82) is 0 Å². The Labute approximate surface area is 196 Å². The van der Waals surface area contributed by atoms with E-state index in [9.17, 15) is 26.4 Å². The van der Waals surface area contributed by atoms with Crippen LogP contribution in [0.4, 0.5) is 29.1 Å². The Hall–Kier alpha value is -4.00. The smallest absolute Gasteiger partial charge is 0.264 e. The normalized spacial score (nSPS) is 11.7. The first-order valence-electron chi connectivity index (χ1n) is 10.1. The molecule has 4 aromatic rings. The first-order valence-corrected chi connectivity index (χ1v) is 11.6. The number of sulfonamides is 1. The highest BCUT2D eigenvalue weighted by Gasteiger charge is 2.28. The number of nitrogens with zero attached hydrogens (tertiary/aromatic N) is 2. The molecule has 0 unspecified atom stereocenters. The van der Waals surface area contributed by atoms with Gasteiger partial charge in [0, 0.05) is 18.3 Å². The van der Waals surface area contributed by atoms with Crippen molar-refractivity contribution in [2.24, 2.45) is 0 Å². The summed E-state index contributed by atoms with van der Waals surface area (Å²) in [6.07, 6.45) is 2.44. The predicted molar refractivity (Wildman–Crippen MR) is 120 cm³/mol. The summed E-state index contributed by atoms with van der Waals surface area (Å²) in [6.45, 7) is 3.64. The molecule has 182 valence electrons. The van der Waals surface area contributed by atoms with Gasteiger partial charge in [0.1, 0.15) is 40.1 Å². The van der Waals surface area contributed by atoms with Crippen LogP contribution in [-0.4, -0.2) is 35.2 Å². The van der Waals surface area contributed by atoms with Crippen LogP contribution < -0.4 is 10.0 Å². The Morgan fingerprint density at radius 3 is 2.46 bits per heavy atom. The van der Waals surface area contributed by atoms with E-state index in [4.69, 9.17) is 0 Å². The lowest BCUT2D eigenvalue weighted by Gasteiger charge is -2.13. The largest absolute Gasteiger partial charge is 0.367 e. The Morgan fingerprint density at radius 1 is 1.03 bits per heavy atom. The molecule has 3 N–H and O–H groups in total. The third kappa shape index (κ3) is 4.54. The third-order valence-electron chi connectivity index (χ3n) is 4.89. The van der Waals surface area contributed by atoms with E-state index in [2.05, 4.69) is 20.3 Å². The molecule has 0 radical (unpaired) electrons. The molecule has 13 heteroatoms. The maximum Gasteiger partial charge on any atom is 0.264 e. The van der Waals surface area contributed by atoms with Crippen LogP contribution in [-0.2, 0) is 10.0 Å². The molecule has 0 aliphatic carbocycles. The fourth-order valence-electron chi connectivity index (χ4n) is 3.39. The fourth-order valence-corrected chi connectivity index (χ4v) is 4.51. The maximum atomic E-state index is 15.3. The standard InChI is InChI=1S/C22H17F4N5O3S/c1-10(2)30-22-17-12(8-27-21(17)28-9-29-22)20(32)18-13(24)4-5-15(19(18)26)31-35(33,34)16-6-3-11(23)7-14(16)25/h3-10,31H,1-2H3,(H2,27,28,29,30). The van der Waals surface area contributed by atoms with Crippen LogP contribution in [0.3, 0.4) is 0 Å². The van der Waals surface area contributed by atoms with Crippen molar-refractivity contribution in [1.82, 2.24) is 15.0 Å². The van der Waals surface area contributed by atoms with Crippen LogP contribution in [0, 0.1) is 23.3 Å². The number of ketones is 1. The summed E-state index contributed by atoms with van der Waals surface area (Å²) in [6, 6.07) is 3.03. The summed E-state index contributed by atoms with van der Waals surface area (Å²) in [7, 11) is -4.75. The quantitative estimate of drug-likeness (QED) is 0.253. The summed E-state index contributed by atoms with van der Waals surface area (Å²) in [5.41, 5.74) is -1.79. The molecule has 0 amide bonds. The van der Waals surface area contributed by atoms with Crippen LogP contribution in [0.25, 0.3) is 11.0 Å². The van der Waals surface area contributed by atoms with Crippen molar-refractivity contribution >= 4 is 38.3 Å². The number of fused-ring (bicyclic) bond motifs is 1. The molecule has 0 saturated carbocycles. The number of hydrogen-bond acceptors (Lipinski definition) is 6. The van der Waals surface area contributed by atoms with E-state index in [0.29, 0.717) is 24.3 Å². The number of carbonyl (C=O) groups excluding carboxylic acids is 1. The lowest BCUT2D eigenvalue weighted by molar-refractivity contribution is 0.103. The van der Waals surface area contributed by atoms with Gasteiger partial charge >= 0.3 is 0 Å². The number of anilines is 2. The Kier molecular flexibility index (Phi) is 6.19. The molecular weight excluding hydrogens is 490 g/mol. The van der Waals surface area contributed by atoms with Crippen LogP contribution in [0.15, 0.2) is 47.8 Å². The van der Waals surface area contributed by atoms with Crippen LogP contribution in [0.5, 0.6) is 0 Å². The van der Waals surface area contributed by atoms with Gasteiger partial charge in [-0.3, -0.25) is 9.52 Å². The maximum absolute atomic E-state index is 15.3. The minimum absolute atomic E-state index is 0.0935. The van der Waals surface area contributed by atoms with Crippen LogP contribution in [0.1, 0.15) is 29.8 Å². The third-order valence-corrected chi connectivity index (χ3v) is 6.28. The topological polar surface area (TPSA) is 117 Å². The summed E-state index contributed by atoms with van der Waals surface area (Å²) >= 11 is 0. The van der Waals surface area contributed by atoms with E-state index in [0.717, 1.165) is 6.07 Å². The van der Waals surface area contributed by atoms with Crippen molar-refractivity contribution in [2.75, 3.05) is 10.0 Å². The molecule has 35 heavy (non-hydrogen) atoms. The Balaban J connectivity index is 1.78. The number of aromatic amines is 1. The van der Waals surface area contributed by atoms with Crippen molar-refractivity contribution in [3.63, 3.8) is 0 Å². The molecular formula is C22H17F4N5O3S. The second-order valence-electron chi connectivity index (χ2n) is 7.74. The van der Waals surface area contributed by atoms with E-state index in [1.807, 2.05) is 13.8 Å². The van der Waals surface area contributed by atoms with Gasteiger partial charge in [0.25, 0.3) is 10.0 Å². The Morgan fingerprint density at radius 2 is 1.77 bits per heavy atom. The molecule has 2 aromatic heterocycles. The first kappa shape index (κ1) is 24.1. The number of aromatic nitrogens is 3. The second kappa shape index (κ2) is 8.98. The first-order chi connectivity index (χ1) is 16.5. The van der Waals surface area contributed by atoms with E-state index in [1.54, 1.807) is 4.72 Å².